The van der Waals surface area contributed by atoms with Gasteiger partial charge in [-0.1, -0.05) is 0 Å². The van der Waals surface area contributed by atoms with Crippen LogP contribution in [0.2, 0.25) is 0 Å². The van der Waals surface area contributed by atoms with Gasteiger partial charge in [0.15, 0.2) is 17.2 Å². The highest BCUT2D eigenvalue weighted by atomic mass is 79.9. The first-order valence-corrected chi connectivity index (χ1v) is 6.08. The fraction of sp³-hybridized carbons (Fsp3) is 0.417. The van der Waals surface area contributed by atoms with Crippen molar-refractivity contribution in [3.05, 3.63) is 28.2 Å². The normalized spacial score (nSPS) is 11.2. The van der Waals surface area contributed by atoms with Crippen LogP contribution in [0.25, 0.3) is 0 Å². The molecule has 0 saturated carbocycles. The summed E-state index contributed by atoms with van der Waals surface area (Å²) in [5.74, 6) is -3.20. The van der Waals surface area contributed by atoms with Crippen molar-refractivity contribution in [1.82, 2.24) is 0 Å². The molecule has 1 rings (SSSR count). The van der Waals surface area contributed by atoms with Crippen molar-refractivity contribution in [2.45, 2.75) is 26.4 Å². The topological polar surface area (TPSA) is 35.5 Å². The fourth-order valence-electron chi connectivity index (χ4n) is 1.21. The first-order valence-electron chi connectivity index (χ1n) is 5.29. The maximum Gasteiger partial charge on any atom is 0.349 e. The van der Waals surface area contributed by atoms with Gasteiger partial charge in [-0.15, -0.1) is 0 Å². The lowest BCUT2D eigenvalue weighted by Gasteiger charge is -2.24. The zero-order chi connectivity index (χ0) is 13.9. The predicted molar refractivity (Wildman–Crippen MR) is 65.4 cm³/mol. The number of carbonyl (C=O) groups is 1. The molecule has 1 aromatic rings. The molecule has 0 heterocycles. The molecule has 0 atom stereocenters. The Kier molecular flexibility index (Phi) is 4.67. The molecule has 0 N–H and O–H groups in total. The van der Waals surface area contributed by atoms with E-state index < -0.39 is 23.2 Å². The third kappa shape index (κ3) is 3.19. The van der Waals surface area contributed by atoms with E-state index in [0.29, 0.717) is 0 Å². The van der Waals surface area contributed by atoms with Gasteiger partial charge in [0.05, 0.1) is 11.1 Å². The Hall–Kier alpha value is -1.17. The van der Waals surface area contributed by atoms with Crippen LogP contribution in [0.15, 0.2) is 16.6 Å². The Balaban J connectivity index is 2.97. The molecule has 0 unspecified atom stereocenters. The molecule has 0 bridgehead atoms. The summed E-state index contributed by atoms with van der Waals surface area (Å²) in [6.45, 7) is 4.67. The van der Waals surface area contributed by atoms with Gasteiger partial charge in [0.2, 0.25) is 5.82 Å². The van der Waals surface area contributed by atoms with Crippen LogP contribution in [0.4, 0.5) is 8.78 Å². The van der Waals surface area contributed by atoms with Gasteiger partial charge in [0, 0.05) is 0 Å². The monoisotopic (exact) mass is 322 g/mol. The van der Waals surface area contributed by atoms with E-state index in [1.165, 1.54) is 26.0 Å². The van der Waals surface area contributed by atoms with Crippen LogP contribution < -0.4 is 4.74 Å². The minimum atomic E-state index is -1.39. The van der Waals surface area contributed by atoms with Crippen LogP contribution in [-0.2, 0) is 9.53 Å². The van der Waals surface area contributed by atoms with Gasteiger partial charge < -0.3 is 9.47 Å². The number of hydrogen-bond acceptors (Lipinski definition) is 3. The van der Waals surface area contributed by atoms with Gasteiger partial charge in [0.25, 0.3) is 0 Å². The van der Waals surface area contributed by atoms with E-state index in [9.17, 15) is 13.6 Å². The van der Waals surface area contributed by atoms with E-state index in [0.717, 1.165) is 0 Å². The SMILES string of the molecule is CCOC(=O)C(C)(C)Oc1ccc(Br)c(F)c1F. The summed E-state index contributed by atoms with van der Waals surface area (Å²) < 4.78 is 36.8. The lowest BCUT2D eigenvalue weighted by Crippen LogP contribution is -2.40. The van der Waals surface area contributed by atoms with Crippen molar-refractivity contribution >= 4 is 21.9 Å². The largest absolute Gasteiger partial charge is 0.473 e. The Morgan fingerprint density at radius 2 is 1.94 bits per heavy atom. The molecule has 0 saturated heterocycles. The molecule has 0 aliphatic heterocycles. The molecule has 0 amide bonds. The quantitative estimate of drug-likeness (QED) is 0.629. The summed E-state index contributed by atoms with van der Waals surface area (Å²) in [7, 11) is 0. The van der Waals surface area contributed by atoms with Gasteiger partial charge in [-0.05, 0) is 48.8 Å². The van der Waals surface area contributed by atoms with E-state index in [4.69, 9.17) is 9.47 Å². The van der Waals surface area contributed by atoms with Crippen LogP contribution in [0.5, 0.6) is 5.75 Å². The molecule has 0 spiro atoms. The Labute approximate surface area is 112 Å². The van der Waals surface area contributed by atoms with E-state index in [2.05, 4.69) is 15.9 Å². The summed E-state index contributed by atoms with van der Waals surface area (Å²) in [6.07, 6.45) is 0. The zero-order valence-corrected chi connectivity index (χ0v) is 11.8. The standard InChI is InChI=1S/C12H13BrF2O3/c1-4-17-11(16)12(2,3)18-8-6-5-7(13)9(14)10(8)15/h5-6H,4H2,1-3H3. The number of halogens is 3. The smallest absolute Gasteiger partial charge is 0.349 e. The summed E-state index contributed by atoms with van der Waals surface area (Å²) >= 11 is 2.85. The van der Waals surface area contributed by atoms with Gasteiger partial charge in [0.1, 0.15) is 0 Å². The van der Waals surface area contributed by atoms with Crippen molar-refractivity contribution in [3.8, 4) is 5.75 Å². The van der Waals surface area contributed by atoms with Crippen LogP contribution in [-0.4, -0.2) is 18.2 Å². The Morgan fingerprint density at radius 1 is 1.33 bits per heavy atom. The molecule has 100 valence electrons. The van der Waals surface area contributed by atoms with E-state index in [-0.39, 0.29) is 16.8 Å². The van der Waals surface area contributed by atoms with E-state index in [1.54, 1.807) is 6.92 Å². The van der Waals surface area contributed by atoms with Gasteiger partial charge in [-0.3, -0.25) is 0 Å². The molecular formula is C12H13BrF2O3. The minimum Gasteiger partial charge on any atom is -0.473 e. The molecule has 6 heteroatoms. The summed E-state index contributed by atoms with van der Waals surface area (Å²) in [5, 5.41) is 0. The lowest BCUT2D eigenvalue weighted by atomic mass is 10.1. The number of ether oxygens (including phenoxy) is 2. The number of carbonyl (C=O) groups excluding carboxylic acids is 1. The summed E-state index contributed by atoms with van der Waals surface area (Å²) in [5.41, 5.74) is -1.39. The van der Waals surface area contributed by atoms with Crippen LogP contribution in [0.1, 0.15) is 20.8 Å². The van der Waals surface area contributed by atoms with Crippen molar-refractivity contribution < 1.29 is 23.0 Å². The minimum absolute atomic E-state index is 0.0127. The van der Waals surface area contributed by atoms with Crippen molar-refractivity contribution in [3.63, 3.8) is 0 Å². The first kappa shape index (κ1) is 14.9. The summed E-state index contributed by atoms with van der Waals surface area (Å²) in [6, 6.07) is 2.54. The number of hydrogen-bond donors (Lipinski definition) is 0. The zero-order valence-electron chi connectivity index (χ0n) is 10.2. The third-order valence-corrected chi connectivity index (χ3v) is 2.74. The highest BCUT2D eigenvalue weighted by Gasteiger charge is 2.33. The molecule has 18 heavy (non-hydrogen) atoms. The third-order valence-electron chi connectivity index (χ3n) is 2.13. The summed E-state index contributed by atoms with van der Waals surface area (Å²) in [4.78, 5) is 11.6. The molecule has 1 aromatic carbocycles. The maximum atomic E-state index is 13.6. The predicted octanol–water partition coefficient (Wildman–Crippen LogP) is 3.45. The molecule has 0 fully saturated rings. The van der Waals surface area contributed by atoms with Gasteiger partial charge in [-0.25, -0.2) is 9.18 Å². The van der Waals surface area contributed by atoms with Gasteiger partial charge >= 0.3 is 5.97 Å². The molecular weight excluding hydrogens is 310 g/mol. The first-order chi connectivity index (χ1) is 8.29. The van der Waals surface area contributed by atoms with Gasteiger partial charge in [-0.2, -0.15) is 4.39 Å². The van der Waals surface area contributed by atoms with Crippen LogP contribution in [0.3, 0.4) is 0 Å². The molecule has 0 radical (unpaired) electrons. The number of benzene rings is 1. The Bertz CT molecular complexity index is 461. The number of esters is 1. The second-order valence-electron chi connectivity index (χ2n) is 4.01. The van der Waals surface area contributed by atoms with E-state index >= 15 is 0 Å². The molecule has 0 aliphatic carbocycles. The molecule has 0 aromatic heterocycles. The van der Waals surface area contributed by atoms with Crippen molar-refractivity contribution in [2.75, 3.05) is 6.61 Å². The average molecular weight is 323 g/mol. The van der Waals surface area contributed by atoms with Crippen LogP contribution >= 0.6 is 15.9 Å². The molecule has 3 nitrogen and oxygen atoms in total. The lowest BCUT2D eigenvalue weighted by molar-refractivity contribution is -0.158. The Morgan fingerprint density at radius 3 is 2.50 bits per heavy atom. The van der Waals surface area contributed by atoms with E-state index in [1.807, 2.05) is 0 Å². The van der Waals surface area contributed by atoms with Crippen molar-refractivity contribution in [1.29, 1.82) is 0 Å². The fourth-order valence-corrected chi connectivity index (χ4v) is 1.51. The number of rotatable bonds is 4. The van der Waals surface area contributed by atoms with Crippen molar-refractivity contribution in [2.24, 2.45) is 0 Å². The average Bonchev–Trinajstić information content (AvgIpc) is 2.30. The maximum absolute atomic E-state index is 13.6. The molecule has 0 aliphatic rings. The van der Waals surface area contributed by atoms with Crippen LogP contribution in [0, 0.1) is 11.6 Å². The highest BCUT2D eigenvalue weighted by Crippen LogP contribution is 2.29. The highest BCUT2D eigenvalue weighted by molar-refractivity contribution is 9.10. The second kappa shape index (κ2) is 5.65. The second-order valence-corrected chi connectivity index (χ2v) is 4.86.